The van der Waals surface area contributed by atoms with Gasteiger partial charge in [-0.15, -0.1) is 0 Å². The number of ether oxygens (including phenoxy) is 1. The number of anilines is 3. The molecule has 218 valence electrons. The number of halogens is 2. The van der Waals surface area contributed by atoms with Crippen LogP contribution in [0.2, 0.25) is 0 Å². The largest absolute Gasteiger partial charge is 0.502 e. The van der Waals surface area contributed by atoms with Gasteiger partial charge >= 0.3 is 114 Å². The summed E-state index contributed by atoms with van der Waals surface area (Å²) in [5.41, 5.74) is 13.2. The summed E-state index contributed by atoms with van der Waals surface area (Å²) in [6, 6.07) is 14.4. The molecule has 0 atom stereocenters. The third kappa shape index (κ3) is 7.87. The van der Waals surface area contributed by atoms with E-state index in [0.29, 0.717) is 5.56 Å². The second-order valence-electron chi connectivity index (χ2n) is 10.5. The molecule has 1 aliphatic heterocycles. The van der Waals surface area contributed by atoms with E-state index in [2.05, 4.69) is 87.0 Å². The van der Waals surface area contributed by atoms with Crippen LogP contribution in [0.3, 0.4) is 0 Å². The van der Waals surface area contributed by atoms with Crippen LogP contribution in [0.25, 0.3) is 0 Å². The zero-order chi connectivity index (χ0) is 29.7. The molecule has 0 unspecified atom stereocenters. The predicted molar refractivity (Wildman–Crippen MR) is 169 cm³/mol. The number of carbonyl (C=O) groups is 1. The first kappa shape index (κ1) is 32.1. The van der Waals surface area contributed by atoms with Crippen LogP contribution in [0.4, 0.5) is 17.1 Å². The van der Waals surface area contributed by atoms with E-state index in [1.165, 1.54) is 51.9 Å². The maximum atomic E-state index is 11.4. The number of nitrogens with zero attached hydrogens (tertiary/aromatic N) is 3. The molecule has 1 saturated heterocycles. The molecule has 40 heavy (non-hydrogen) atoms. The van der Waals surface area contributed by atoms with Crippen LogP contribution in [0.15, 0.2) is 42.5 Å². The fourth-order valence-corrected chi connectivity index (χ4v) is 7.25. The molecule has 3 aromatic rings. The number of esters is 1. The van der Waals surface area contributed by atoms with Crippen LogP contribution in [0.1, 0.15) is 49.3 Å². The van der Waals surface area contributed by atoms with Crippen molar-refractivity contribution in [3.8, 4) is 0 Å². The number of aryl methyl sites for hydroxylation is 6. The second kappa shape index (κ2) is 14.0. The van der Waals surface area contributed by atoms with Gasteiger partial charge in [0, 0.05) is 24.5 Å². The Balaban J connectivity index is 0.000000232. The molecule has 3 aromatic carbocycles. The van der Waals surface area contributed by atoms with Crippen molar-refractivity contribution in [2.45, 2.75) is 41.5 Å². The van der Waals surface area contributed by atoms with Crippen molar-refractivity contribution in [3.63, 3.8) is 0 Å². The first-order chi connectivity index (χ1) is 18.8. The molecule has 0 amide bonds. The molecule has 5 nitrogen and oxygen atoms in total. The molecule has 0 N–H and O–H groups in total. The van der Waals surface area contributed by atoms with Crippen LogP contribution in [0.5, 0.6) is 0 Å². The van der Waals surface area contributed by atoms with E-state index in [4.69, 9.17) is 19.4 Å². The maximum absolute atomic E-state index is 11.4. The van der Waals surface area contributed by atoms with Gasteiger partial charge in [-0.1, -0.05) is 35.4 Å². The fraction of sp³-hybridized carbons (Fsp3) is 0.344. The standard InChI is InChI=1S/C21H27N2.C11H13NO2.2ClH.Ru/c1-14-9-16(3)20(17(4)10-14)22-7-8-23(13-22)21-18(5)11-15(2)12-19(21)6;1-8-7-9(11(13)14-4)5-6-10(8)12(2)3;;;/h9-13H,7-8H2,1-6H3;1,5-7H,2-4H3;2*1H;/q-1;;;;+2/p-2. The fourth-order valence-electron chi connectivity index (χ4n) is 5.46. The van der Waals surface area contributed by atoms with Crippen molar-refractivity contribution in [3.05, 3.63) is 93.6 Å². The van der Waals surface area contributed by atoms with Gasteiger partial charge in [0.2, 0.25) is 0 Å². The Hall–Kier alpha value is -2.40. The molecule has 1 aliphatic rings. The van der Waals surface area contributed by atoms with Gasteiger partial charge in [0.05, 0.1) is 0 Å². The Bertz CT molecular complexity index is 1310. The number of hydrogen-bond acceptors (Lipinski definition) is 5. The van der Waals surface area contributed by atoms with Crippen LogP contribution in [-0.2, 0) is 18.3 Å². The third-order valence-corrected chi connectivity index (χ3v) is 8.66. The molecule has 0 aliphatic carbocycles. The van der Waals surface area contributed by atoms with Crippen molar-refractivity contribution < 1.29 is 23.0 Å². The topological polar surface area (TPSA) is 36.0 Å². The van der Waals surface area contributed by atoms with Crippen molar-refractivity contribution in [1.29, 1.82) is 0 Å². The summed E-state index contributed by atoms with van der Waals surface area (Å²) in [7, 11) is 16.9. The Labute approximate surface area is 253 Å². The maximum Gasteiger partial charge on any atom is 0.0146 e. The first-order valence-corrected chi connectivity index (χ1v) is 18.6. The molecule has 0 saturated carbocycles. The van der Waals surface area contributed by atoms with E-state index in [1.54, 1.807) is 12.1 Å². The number of benzene rings is 3. The molecule has 4 rings (SSSR count). The number of hydrogen-bond donors (Lipinski definition) is 0. The van der Waals surface area contributed by atoms with Gasteiger partial charge in [-0.2, -0.15) is 6.67 Å². The molecular formula is C32H40Cl2N3O2Ru-. The summed E-state index contributed by atoms with van der Waals surface area (Å²) in [5.74, 6) is -0.368. The van der Waals surface area contributed by atoms with Gasteiger partial charge in [-0.05, 0) is 63.8 Å². The molecule has 0 aromatic heterocycles. The van der Waals surface area contributed by atoms with E-state index < -0.39 is 13.5 Å². The summed E-state index contributed by atoms with van der Waals surface area (Å²) in [6.07, 6.45) is 0. The van der Waals surface area contributed by atoms with Gasteiger partial charge in [-0.3, -0.25) is 0 Å². The molecule has 1 fully saturated rings. The molecule has 8 heteroatoms. The Kier molecular flexibility index (Phi) is 11.2. The van der Waals surface area contributed by atoms with E-state index in [1.807, 2.05) is 29.7 Å². The van der Waals surface area contributed by atoms with Gasteiger partial charge in [0.1, 0.15) is 0 Å². The van der Waals surface area contributed by atoms with Gasteiger partial charge < -0.3 is 9.80 Å². The molecule has 0 spiro atoms. The van der Waals surface area contributed by atoms with Crippen LogP contribution >= 0.6 is 19.4 Å². The summed E-state index contributed by atoms with van der Waals surface area (Å²) >= 11 is -1.93. The Morgan fingerprint density at radius 3 is 1.68 bits per heavy atom. The normalized spacial score (nSPS) is 13.0. The van der Waals surface area contributed by atoms with Crippen molar-refractivity contribution in [2.24, 2.45) is 0 Å². The van der Waals surface area contributed by atoms with Crippen LogP contribution < -0.4 is 14.7 Å². The smallest absolute Gasteiger partial charge is 0.0146 e. The minimum atomic E-state index is -1.93. The molecule has 0 bridgehead atoms. The Morgan fingerprint density at radius 2 is 1.30 bits per heavy atom. The van der Waals surface area contributed by atoms with E-state index in [9.17, 15) is 4.79 Å². The summed E-state index contributed by atoms with van der Waals surface area (Å²) in [5, 5.41) is 0. The Morgan fingerprint density at radius 1 is 0.850 bits per heavy atom. The summed E-state index contributed by atoms with van der Waals surface area (Å²) < 4.78 is 6.49. The average molecular weight is 671 g/mol. The first-order valence-electron chi connectivity index (χ1n) is 13.1. The average Bonchev–Trinajstić information content (AvgIpc) is 3.31. The van der Waals surface area contributed by atoms with E-state index >= 15 is 0 Å². The minimum absolute atomic E-state index is 0.368. The number of methoxy groups -OCH3 is 1. The number of carbonyl (C=O) groups excluding carboxylic acids is 1. The second-order valence-corrected chi connectivity index (χ2v) is 16.2. The minimum Gasteiger partial charge on any atom is -0.502 e. The monoisotopic (exact) mass is 670 g/mol. The van der Waals surface area contributed by atoms with Crippen molar-refractivity contribution in [1.82, 2.24) is 0 Å². The molecular weight excluding hydrogens is 630 g/mol. The van der Waals surface area contributed by atoms with Crippen LogP contribution in [-0.4, -0.2) is 44.9 Å². The number of rotatable bonds is 5. The van der Waals surface area contributed by atoms with E-state index in [0.717, 1.165) is 24.3 Å². The quantitative estimate of drug-likeness (QED) is 0.159. The van der Waals surface area contributed by atoms with Crippen molar-refractivity contribution >= 4 is 47.0 Å². The van der Waals surface area contributed by atoms with Gasteiger partial charge in [0.15, 0.2) is 0 Å². The SMILES string of the molecule is COC(=O)c1ccc(N(C)C)c([CH]=[Ru]([Cl])[Cl])c1.Cc1cc(C)c(N2[CH-]N(c3c(C)cc(C)cc3C)CC2)c(C)c1. The van der Waals surface area contributed by atoms with E-state index in [-0.39, 0.29) is 5.97 Å². The molecule has 0 radical (unpaired) electrons. The zero-order valence-electron chi connectivity index (χ0n) is 24.9. The molecule has 1 heterocycles. The van der Waals surface area contributed by atoms with Crippen LogP contribution in [0, 0.1) is 48.2 Å². The van der Waals surface area contributed by atoms with Gasteiger partial charge in [-0.25, -0.2) is 0 Å². The summed E-state index contributed by atoms with van der Waals surface area (Å²) in [4.78, 5) is 18.2. The van der Waals surface area contributed by atoms with Crippen molar-refractivity contribution in [2.75, 3.05) is 49.0 Å². The summed E-state index contributed by atoms with van der Waals surface area (Å²) in [6.45, 7) is 17.6. The van der Waals surface area contributed by atoms with Gasteiger partial charge in [0.25, 0.3) is 0 Å². The predicted octanol–water partition coefficient (Wildman–Crippen LogP) is 7.60. The third-order valence-electron chi connectivity index (χ3n) is 6.82. The zero-order valence-corrected chi connectivity index (χ0v) is 28.1.